The summed E-state index contributed by atoms with van der Waals surface area (Å²) in [6, 6.07) is 0. The van der Waals surface area contributed by atoms with Crippen molar-refractivity contribution in [1.29, 1.82) is 0 Å². The minimum atomic E-state index is -0.509. The molecule has 0 atom stereocenters. The second-order valence-electron chi connectivity index (χ2n) is 6.05. The first-order chi connectivity index (χ1) is 8.63. The van der Waals surface area contributed by atoms with Crippen LogP contribution in [0.1, 0.15) is 53.1 Å². The first kappa shape index (κ1) is 16.4. The zero-order valence-electron chi connectivity index (χ0n) is 12.9. The number of aromatic nitrogens is 2. The topological polar surface area (TPSA) is 47.0 Å². The third-order valence-corrected chi connectivity index (χ3v) is 3.71. The largest absolute Gasteiger partial charge is 0.371 e. The zero-order chi connectivity index (χ0) is 14.8. The predicted molar refractivity (Wildman–Crippen MR) is 82.6 cm³/mol. The van der Waals surface area contributed by atoms with Crippen LogP contribution in [0.15, 0.2) is 4.47 Å². The molecule has 0 saturated carbocycles. The summed E-state index contributed by atoms with van der Waals surface area (Å²) in [6.45, 7) is 13.2. The summed E-state index contributed by atoms with van der Waals surface area (Å²) in [7, 11) is 1.68. The third kappa shape index (κ3) is 3.66. The van der Waals surface area contributed by atoms with E-state index in [9.17, 15) is 0 Å². The van der Waals surface area contributed by atoms with Crippen molar-refractivity contribution in [3.05, 3.63) is 16.0 Å². The van der Waals surface area contributed by atoms with E-state index in [0.29, 0.717) is 5.82 Å². The van der Waals surface area contributed by atoms with Crippen molar-refractivity contribution in [3.63, 3.8) is 0 Å². The van der Waals surface area contributed by atoms with Gasteiger partial charge in [0.1, 0.15) is 11.4 Å². The second-order valence-corrected chi connectivity index (χ2v) is 6.85. The van der Waals surface area contributed by atoms with Gasteiger partial charge >= 0.3 is 0 Å². The van der Waals surface area contributed by atoms with Crippen LogP contribution in [0.5, 0.6) is 0 Å². The summed E-state index contributed by atoms with van der Waals surface area (Å²) in [5, 5.41) is 3.27. The van der Waals surface area contributed by atoms with E-state index in [0.717, 1.165) is 22.5 Å². The highest BCUT2D eigenvalue weighted by atomic mass is 79.9. The maximum Gasteiger partial charge on any atom is 0.162 e. The molecule has 1 N–H and O–H groups in total. The minimum absolute atomic E-state index is 0.0650. The van der Waals surface area contributed by atoms with Crippen LogP contribution in [0.25, 0.3) is 0 Å². The smallest absolute Gasteiger partial charge is 0.162 e. The van der Waals surface area contributed by atoms with E-state index in [1.54, 1.807) is 7.11 Å². The van der Waals surface area contributed by atoms with Gasteiger partial charge in [0.15, 0.2) is 5.82 Å². The Morgan fingerprint density at radius 1 is 1.16 bits per heavy atom. The Labute approximate surface area is 124 Å². The van der Waals surface area contributed by atoms with Crippen LogP contribution in [0.4, 0.5) is 5.82 Å². The van der Waals surface area contributed by atoms with E-state index in [4.69, 9.17) is 9.72 Å². The Bertz CT molecular complexity index is 453. The molecule has 1 heterocycles. The molecule has 0 aromatic carbocycles. The van der Waals surface area contributed by atoms with Gasteiger partial charge in [-0.2, -0.15) is 0 Å². The van der Waals surface area contributed by atoms with E-state index in [1.807, 2.05) is 20.8 Å². The molecule has 1 aromatic rings. The number of anilines is 1. The Morgan fingerprint density at radius 2 is 1.74 bits per heavy atom. The molecule has 0 aliphatic rings. The van der Waals surface area contributed by atoms with Gasteiger partial charge in [-0.05, 0) is 36.7 Å². The van der Waals surface area contributed by atoms with Crippen molar-refractivity contribution in [3.8, 4) is 0 Å². The lowest BCUT2D eigenvalue weighted by atomic mass is 9.91. The normalized spacial score (nSPS) is 12.6. The predicted octanol–water partition coefficient (Wildman–Crippen LogP) is 3.85. The number of halogens is 1. The number of rotatable bonds is 4. The summed E-state index contributed by atoms with van der Waals surface area (Å²) < 4.78 is 6.42. The van der Waals surface area contributed by atoms with Crippen LogP contribution in [0.3, 0.4) is 0 Å². The number of nitrogens with zero attached hydrogens (tertiary/aromatic N) is 2. The van der Waals surface area contributed by atoms with Crippen LogP contribution in [-0.2, 0) is 15.8 Å². The van der Waals surface area contributed by atoms with Crippen molar-refractivity contribution in [2.45, 2.75) is 52.6 Å². The van der Waals surface area contributed by atoms with E-state index >= 15 is 0 Å². The van der Waals surface area contributed by atoms with Crippen molar-refractivity contribution in [2.24, 2.45) is 0 Å². The fourth-order valence-electron chi connectivity index (χ4n) is 1.59. The zero-order valence-corrected chi connectivity index (χ0v) is 14.5. The summed E-state index contributed by atoms with van der Waals surface area (Å²) in [6.07, 6.45) is 0. The average Bonchev–Trinajstić information content (AvgIpc) is 2.30. The average molecular weight is 330 g/mol. The van der Waals surface area contributed by atoms with Gasteiger partial charge in [-0.3, -0.25) is 0 Å². The molecule has 0 amide bonds. The van der Waals surface area contributed by atoms with E-state index < -0.39 is 5.60 Å². The van der Waals surface area contributed by atoms with Gasteiger partial charge in [0.2, 0.25) is 0 Å². The summed E-state index contributed by atoms with van der Waals surface area (Å²) >= 11 is 3.61. The molecule has 0 aliphatic heterocycles. The lowest BCUT2D eigenvalue weighted by Gasteiger charge is -2.27. The van der Waals surface area contributed by atoms with Crippen molar-refractivity contribution in [2.75, 3.05) is 19.0 Å². The Kier molecular flexibility index (Phi) is 4.96. The van der Waals surface area contributed by atoms with Crippen LogP contribution < -0.4 is 5.32 Å². The molecule has 0 aliphatic carbocycles. The number of hydrogen-bond donors (Lipinski definition) is 1. The standard InChI is InChI=1S/C14H24BrN3O/c1-8-16-11-9(15)10(13(2,3)4)17-12(18-11)14(5,6)19-7/h8H2,1-7H3,(H,16,17,18). The summed E-state index contributed by atoms with van der Waals surface area (Å²) in [5.41, 5.74) is 0.411. The number of methoxy groups -OCH3 is 1. The number of nitrogens with one attached hydrogen (secondary N) is 1. The van der Waals surface area contributed by atoms with Crippen molar-refractivity contribution < 1.29 is 4.74 Å². The maximum absolute atomic E-state index is 5.50. The lowest BCUT2D eigenvalue weighted by Crippen LogP contribution is -2.27. The fourth-order valence-corrected chi connectivity index (χ4v) is 2.50. The van der Waals surface area contributed by atoms with Gasteiger partial charge in [0.05, 0.1) is 10.2 Å². The molecule has 19 heavy (non-hydrogen) atoms. The fraction of sp³-hybridized carbons (Fsp3) is 0.714. The van der Waals surface area contributed by atoms with E-state index in [1.165, 1.54) is 0 Å². The van der Waals surface area contributed by atoms with Crippen molar-refractivity contribution in [1.82, 2.24) is 9.97 Å². The SMILES string of the molecule is CCNc1nc(C(C)(C)OC)nc(C(C)(C)C)c1Br. The molecule has 0 radical (unpaired) electrons. The molecule has 0 spiro atoms. The van der Waals surface area contributed by atoms with Gasteiger partial charge in [-0.25, -0.2) is 9.97 Å². The molecule has 1 rings (SSSR count). The lowest BCUT2D eigenvalue weighted by molar-refractivity contribution is 0.0112. The van der Waals surface area contributed by atoms with Gasteiger partial charge < -0.3 is 10.1 Å². The number of hydrogen-bond acceptors (Lipinski definition) is 4. The first-order valence-corrected chi connectivity index (χ1v) is 7.30. The summed E-state index contributed by atoms with van der Waals surface area (Å²) in [4.78, 5) is 9.29. The van der Waals surface area contributed by atoms with Crippen molar-refractivity contribution >= 4 is 21.7 Å². The molecule has 5 heteroatoms. The molecule has 108 valence electrons. The molecule has 0 unspecified atom stereocenters. The first-order valence-electron chi connectivity index (χ1n) is 6.51. The van der Waals surface area contributed by atoms with Crippen LogP contribution in [-0.4, -0.2) is 23.6 Å². The van der Waals surface area contributed by atoms with E-state index in [2.05, 4.69) is 47.0 Å². The van der Waals surface area contributed by atoms with Crippen LogP contribution in [0.2, 0.25) is 0 Å². The molecule has 0 saturated heterocycles. The highest BCUT2D eigenvalue weighted by Gasteiger charge is 2.29. The Hall–Kier alpha value is -0.680. The van der Waals surface area contributed by atoms with Gasteiger partial charge in [-0.15, -0.1) is 0 Å². The number of ether oxygens (including phenoxy) is 1. The monoisotopic (exact) mass is 329 g/mol. The maximum atomic E-state index is 5.50. The van der Waals surface area contributed by atoms with E-state index in [-0.39, 0.29) is 5.41 Å². The molecule has 4 nitrogen and oxygen atoms in total. The Morgan fingerprint density at radius 3 is 2.16 bits per heavy atom. The molecule has 0 fully saturated rings. The van der Waals surface area contributed by atoms with Gasteiger partial charge in [-0.1, -0.05) is 20.8 Å². The minimum Gasteiger partial charge on any atom is -0.371 e. The quantitative estimate of drug-likeness (QED) is 0.911. The van der Waals surface area contributed by atoms with Gasteiger partial charge in [0, 0.05) is 19.1 Å². The highest BCUT2D eigenvalue weighted by molar-refractivity contribution is 9.10. The highest BCUT2D eigenvalue weighted by Crippen LogP contribution is 2.34. The molecular weight excluding hydrogens is 306 g/mol. The van der Waals surface area contributed by atoms with Crippen LogP contribution >= 0.6 is 15.9 Å². The molecule has 0 bridgehead atoms. The Balaban J connectivity index is 3.48. The summed E-state index contributed by atoms with van der Waals surface area (Å²) in [5.74, 6) is 1.52. The third-order valence-electron chi connectivity index (χ3n) is 2.95. The second kappa shape index (κ2) is 5.75. The van der Waals surface area contributed by atoms with Crippen LogP contribution in [0, 0.1) is 0 Å². The van der Waals surface area contributed by atoms with Gasteiger partial charge in [0.25, 0.3) is 0 Å². The molecule has 1 aromatic heterocycles. The molecular formula is C14H24BrN3O.